The largest absolute Gasteiger partial charge is 0.497 e. The second kappa shape index (κ2) is 8.37. The molecule has 1 aromatic heterocycles. The van der Waals surface area contributed by atoms with Gasteiger partial charge in [-0.2, -0.15) is 0 Å². The Morgan fingerprint density at radius 1 is 1.11 bits per heavy atom. The van der Waals surface area contributed by atoms with E-state index >= 15 is 0 Å². The van der Waals surface area contributed by atoms with Gasteiger partial charge in [0.1, 0.15) is 5.75 Å². The highest BCUT2D eigenvalue weighted by Gasteiger charge is 2.28. The van der Waals surface area contributed by atoms with Gasteiger partial charge in [0.15, 0.2) is 0 Å². The van der Waals surface area contributed by atoms with Crippen molar-refractivity contribution >= 4 is 0 Å². The molecule has 4 rings (SSSR count). The normalized spacial score (nSPS) is 16.9. The van der Waals surface area contributed by atoms with Gasteiger partial charge in [0, 0.05) is 25.6 Å². The van der Waals surface area contributed by atoms with Gasteiger partial charge in [-0.3, -0.25) is 4.90 Å². The Morgan fingerprint density at radius 3 is 2.70 bits per heavy atom. The Bertz CT molecular complexity index is 846. The van der Waals surface area contributed by atoms with E-state index in [0.29, 0.717) is 13.2 Å². The number of imidazole rings is 1. The Kier molecular flexibility index (Phi) is 5.51. The van der Waals surface area contributed by atoms with Gasteiger partial charge in [-0.25, -0.2) is 4.98 Å². The van der Waals surface area contributed by atoms with Crippen molar-refractivity contribution in [1.82, 2.24) is 14.9 Å². The molecule has 0 saturated carbocycles. The molecular formula is C22H25N3O2. The maximum absolute atomic E-state index is 5.88. The Hall–Kier alpha value is -2.63. The molecule has 2 aromatic carbocycles. The van der Waals surface area contributed by atoms with Gasteiger partial charge >= 0.3 is 0 Å². The first kappa shape index (κ1) is 17.8. The third-order valence-electron chi connectivity index (χ3n) is 5.09. The molecule has 27 heavy (non-hydrogen) atoms. The van der Waals surface area contributed by atoms with Gasteiger partial charge in [-0.05, 0) is 23.3 Å². The van der Waals surface area contributed by atoms with Gasteiger partial charge in [-0.1, -0.05) is 42.5 Å². The predicted octanol–water partition coefficient (Wildman–Crippen LogP) is 3.58. The zero-order valence-electron chi connectivity index (χ0n) is 15.6. The second-order valence-electron chi connectivity index (χ2n) is 6.87. The molecule has 5 heteroatoms. The first-order chi connectivity index (χ1) is 13.3. The summed E-state index contributed by atoms with van der Waals surface area (Å²) < 4.78 is 11.2. The number of fused-ring (bicyclic) bond motifs is 1. The van der Waals surface area contributed by atoms with Crippen molar-refractivity contribution in [2.45, 2.75) is 19.1 Å². The first-order valence-electron chi connectivity index (χ1n) is 9.33. The van der Waals surface area contributed by atoms with E-state index in [1.165, 1.54) is 16.8 Å². The van der Waals surface area contributed by atoms with E-state index in [9.17, 15) is 0 Å². The number of benzene rings is 2. The third kappa shape index (κ3) is 4.21. The van der Waals surface area contributed by atoms with E-state index in [1.54, 1.807) is 13.4 Å². The van der Waals surface area contributed by atoms with Crippen LogP contribution in [0.25, 0.3) is 0 Å². The van der Waals surface area contributed by atoms with Crippen molar-refractivity contribution in [1.29, 1.82) is 0 Å². The topological polar surface area (TPSA) is 50.4 Å². The molecular weight excluding hydrogens is 338 g/mol. The molecule has 5 nitrogen and oxygen atoms in total. The molecule has 0 bridgehead atoms. The second-order valence-corrected chi connectivity index (χ2v) is 6.87. The molecule has 1 atom stereocenters. The molecule has 140 valence electrons. The van der Waals surface area contributed by atoms with Crippen LogP contribution >= 0.6 is 0 Å². The predicted molar refractivity (Wildman–Crippen MR) is 105 cm³/mol. The van der Waals surface area contributed by atoms with Crippen LogP contribution in [0.2, 0.25) is 0 Å². The van der Waals surface area contributed by atoms with Crippen LogP contribution < -0.4 is 4.74 Å². The van der Waals surface area contributed by atoms with E-state index < -0.39 is 0 Å². The summed E-state index contributed by atoms with van der Waals surface area (Å²) in [6, 6.07) is 18.6. The molecule has 1 aliphatic heterocycles. The van der Waals surface area contributed by atoms with Crippen LogP contribution in [0.15, 0.2) is 60.9 Å². The zero-order valence-corrected chi connectivity index (χ0v) is 15.6. The van der Waals surface area contributed by atoms with Crippen molar-refractivity contribution in [3.05, 3.63) is 83.4 Å². The highest BCUT2D eigenvalue weighted by molar-refractivity contribution is 5.36. The third-order valence-corrected chi connectivity index (χ3v) is 5.09. The lowest BCUT2D eigenvalue weighted by atomic mass is 9.91. The monoisotopic (exact) mass is 363 g/mol. The zero-order chi connectivity index (χ0) is 18.5. The molecule has 0 saturated heterocycles. The number of nitrogens with zero attached hydrogens (tertiary/aromatic N) is 2. The first-order valence-corrected chi connectivity index (χ1v) is 9.33. The minimum atomic E-state index is 0.264. The summed E-state index contributed by atoms with van der Waals surface area (Å²) in [5.41, 5.74) is 4.83. The fourth-order valence-corrected chi connectivity index (χ4v) is 3.62. The quantitative estimate of drug-likeness (QED) is 0.652. The molecule has 0 fully saturated rings. The minimum absolute atomic E-state index is 0.264. The number of hydrogen-bond acceptors (Lipinski definition) is 4. The van der Waals surface area contributed by atoms with Gasteiger partial charge in [0.2, 0.25) is 0 Å². The Morgan fingerprint density at radius 2 is 1.93 bits per heavy atom. The van der Waals surface area contributed by atoms with Crippen LogP contribution in [0, 0.1) is 0 Å². The van der Waals surface area contributed by atoms with E-state index in [0.717, 1.165) is 31.1 Å². The van der Waals surface area contributed by atoms with E-state index in [2.05, 4.69) is 39.1 Å². The summed E-state index contributed by atoms with van der Waals surface area (Å²) in [7, 11) is 1.69. The molecule has 2 heterocycles. The molecule has 0 aliphatic carbocycles. The smallest absolute Gasteiger partial charge is 0.118 e. The van der Waals surface area contributed by atoms with E-state index in [1.807, 2.05) is 30.3 Å². The molecule has 1 aliphatic rings. The molecule has 0 radical (unpaired) electrons. The number of hydrogen-bond donors (Lipinski definition) is 1. The molecule has 0 amide bonds. The molecule has 0 spiro atoms. The number of H-pyrrole nitrogens is 1. The maximum Gasteiger partial charge on any atom is 0.118 e. The minimum Gasteiger partial charge on any atom is -0.497 e. The van der Waals surface area contributed by atoms with Crippen molar-refractivity contribution < 1.29 is 9.47 Å². The SMILES string of the molecule is COc1ccc(C2CN(CCOCc3ccccc3)Cc3[nH]cnc32)cc1. The standard InChI is InChI=1S/C22H25N3O2/c1-26-19-9-7-18(8-10-19)20-13-25(14-21-22(20)24-16-23-21)11-12-27-15-17-5-3-2-4-6-17/h2-10,16,20H,11-15H2,1H3,(H,23,24). The maximum atomic E-state index is 5.88. The van der Waals surface area contributed by atoms with Crippen LogP contribution in [0.4, 0.5) is 0 Å². The van der Waals surface area contributed by atoms with Crippen LogP contribution in [0.3, 0.4) is 0 Å². The van der Waals surface area contributed by atoms with E-state index in [-0.39, 0.29) is 5.92 Å². The van der Waals surface area contributed by atoms with Crippen molar-refractivity contribution in [3.63, 3.8) is 0 Å². The van der Waals surface area contributed by atoms with Crippen LogP contribution in [0.5, 0.6) is 5.75 Å². The van der Waals surface area contributed by atoms with Crippen LogP contribution in [-0.4, -0.2) is 41.7 Å². The lowest BCUT2D eigenvalue weighted by molar-refractivity contribution is 0.0861. The van der Waals surface area contributed by atoms with Crippen molar-refractivity contribution in [2.24, 2.45) is 0 Å². The van der Waals surface area contributed by atoms with Gasteiger partial charge in [-0.15, -0.1) is 0 Å². The number of aromatic amines is 1. The van der Waals surface area contributed by atoms with Crippen LogP contribution in [0.1, 0.15) is 28.4 Å². The van der Waals surface area contributed by atoms with Crippen molar-refractivity contribution in [3.8, 4) is 5.75 Å². The number of ether oxygens (including phenoxy) is 2. The van der Waals surface area contributed by atoms with Gasteiger partial charge in [0.25, 0.3) is 0 Å². The Balaban J connectivity index is 1.38. The lowest BCUT2D eigenvalue weighted by Gasteiger charge is -2.32. The number of rotatable bonds is 7. The summed E-state index contributed by atoms with van der Waals surface area (Å²) >= 11 is 0. The lowest BCUT2D eigenvalue weighted by Crippen LogP contribution is -2.36. The summed E-state index contributed by atoms with van der Waals surface area (Å²) in [5, 5.41) is 0. The van der Waals surface area contributed by atoms with Crippen molar-refractivity contribution in [2.75, 3.05) is 26.8 Å². The fourth-order valence-electron chi connectivity index (χ4n) is 3.62. The summed E-state index contributed by atoms with van der Waals surface area (Å²) in [5.74, 6) is 1.14. The molecule has 1 N–H and O–H groups in total. The summed E-state index contributed by atoms with van der Waals surface area (Å²) in [4.78, 5) is 10.3. The number of aromatic nitrogens is 2. The van der Waals surface area contributed by atoms with Crippen LogP contribution in [-0.2, 0) is 17.9 Å². The van der Waals surface area contributed by atoms with Gasteiger partial charge < -0.3 is 14.5 Å². The highest BCUT2D eigenvalue weighted by atomic mass is 16.5. The van der Waals surface area contributed by atoms with E-state index in [4.69, 9.17) is 9.47 Å². The molecule has 3 aromatic rings. The molecule has 1 unspecified atom stereocenters. The highest BCUT2D eigenvalue weighted by Crippen LogP contribution is 2.32. The number of nitrogens with one attached hydrogen (secondary N) is 1. The fraction of sp³-hybridized carbons (Fsp3) is 0.318. The average Bonchev–Trinajstić information content (AvgIpc) is 3.20. The number of methoxy groups -OCH3 is 1. The Labute approximate surface area is 160 Å². The summed E-state index contributed by atoms with van der Waals surface area (Å²) in [6.07, 6.45) is 1.80. The van der Waals surface area contributed by atoms with Gasteiger partial charge in [0.05, 0.1) is 38.0 Å². The summed E-state index contributed by atoms with van der Waals surface area (Å²) in [6.45, 7) is 4.10. The average molecular weight is 363 g/mol.